The van der Waals surface area contributed by atoms with Crippen molar-refractivity contribution in [2.45, 2.75) is 71.6 Å². The topological polar surface area (TPSA) is 0 Å². The number of benzene rings is 5. The average Bonchev–Trinajstić information content (AvgIpc) is 3.33. The Bertz CT molecular complexity index is 1830. The van der Waals surface area contributed by atoms with E-state index in [2.05, 4.69) is 140 Å². The zero-order valence-electron chi connectivity index (χ0n) is 24.6. The smallest absolute Gasteiger partial charge is 0.0159 e. The lowest BCUT2D eigenvalue weighted by molar-refractivity contribution is 0.584. The lowest BCUT2D eigenvalue weighted by Gasteiger charge is -2.25. The molecule has 2 aliphatic carbocycles. The third kappa shape index (κ3) is 3.43. The van der Waals surface area contributed by atoms with Gasteiger partial charge in [-0.2, -0.15) is 0 Å². The van der Waals surface area contributed by atoms with Crippen molar-refractivity contribution >= 4 is 10.8 Å². The van der Waals surface area contributed by atoms with Gasteiger partial charge in [-0.1, -0.05) is 128 Å². The van der Waals surface area contributed by atoms with Gasteiger partial charge in [0.2, 0.25) is 0 Å². The van der Waals surface area contributed by atoms with Crippen LogP contribution in [-0.2, 0) is 16.2 Å². The normalized spacial score (nSPS) is 14.9. The highest BCUT2D eigenvalue weighted by Crippen LogP contribution is 2.53. The van der Waals surface area contributed by atoms with Crippen LogP contribution in [0.25, 0.3) is 55.3 Å². The Labute approximate surface area is 233 Å². The lowest BCUT2D eigenvalue weighted by atomic mass is 9.78. The monoisotopic (exact) mass is 506 g/mol. The number of hydrogen-bond acceptors (Lipinski definition) is 0. The summed E-state index contributed by atoms with van der Waals surface area (Å²) in [5, 5.41) is 2.75. The Kier molecular flexibility index (Phi) is 4.83. The van der Waals surface area contributed by atoms with Gasteiger partial charge < -0.3 is 0 Å². The second kappa shape index (κ2) is 7.72. The van der Waals surface area contributed by atoms with Crippen LogP contribution in [0.1, 0.15) is 77.6 Å². The van der Waals surface area contributed by atoms with Gasteiger partial charge in [0.25, 0.3) is 0 Å². The first-order valence-electron chi connectivity index (χ1n) is 14.4. The summed E-state index contributed by atoms with van der Waals surface area (Å²) in [5.41, 5.74) is 16.8. The van der Waals surface area contributed by atoms with E-state index in [1.54, 1.807) is 0 Å². The Morgan fingerprint density at radius 3 is 1.69 bits per heavy atom. The van der Waals surface area contributed by atoms with Crippen LogP contribution in [0.5, 0.6) is 0 Å². The maximum absolute atomic E-state index is 2.47. The van der Waals surface area contributed by atoms with E-state index < -0.39 is 0 Å². The Balaban J connectivity index is 1.39. The number of hydrogen-bond donors (Lipinski definition) is 0. The van der Waals surface area contributed by atoms with Crippen LogP contribution in [0.2, 0.25) is 0 Å². The fraction of sp³-hybridized carbons (Fsp3) is 0.282. The van der Waals surface area contributed by atoms with Gasteiger partial charge >= 0.3 is 0 Å². The zero-order valence-corrected chi connectivity index (χ0v) is 24.6. The third-order valence-electron chi connectivity index (χ3n) is 9.36. The summed E-state index contributed by atoms with van der Waals surface area (Å²) in [6.45, 7) is 18.6. The molecule has 0 saturated carbocycles. The van der Waals surface area contributed by atoms with Crippen molar-refractivity contribution in [3.63, 3.8) is 0 Å². The second-order valence-electron chi connectivity index (χ2n) is 14.3. The summed E-state index contributed by atoms with van der Waals surface area (Å²) in [4.78, 5) is 0. The van der Waals surface area contributed by atoms with Crippen LogP contribution in [-0.4, -0.2) is 0 Å². The summed E-state index contributed by atoms with van der Waals surface area (Å²) >= 11 is 0. The highest BCUT2D eigenvalue weighted by Gasteiger charge is 2.36. The molecule has 39 heavy (non-hydrogen) atoms. The SMILES string of the molecule is CC(C)(C)c1ccc2c(c1)-c1cccc3c(-c4ccc5c(c4)C(C)(C)c4cc(C(C)(C)C)ccc4-5)ccc-2c13. The van der Waals surface area contributed by atoms with E-state index in [1.165, 1.54) is 77.5 Å². The van der Waals surface area contributed by atoms with Gasteiger partial charge in [-0.15, -0.1) is 0 Å². The maximum Gasteiger partial charge on any atom is 0.0159 e. The molecule has 7 rings (SSSR count). The average molecular weight is 507 g/mol. The number of fused-ring (bicyclic) bond motifs is 6. The molecule has 5 aromatic carbocycles. The van der Waals surface area contributed by atoms with E-state index in [4.69, 9.17) is 0 Å². The van der Waals surface area contributed by atoms with E-state index in [9.17, 15) is 0 Å². The van der Waals surface area contributed by atoms with E-state index in [0.29, 0.717) is 0 Å². The van der Waals surface area contributed by atoms with Gasteiger partial charge in [0.05, 0.1) is 0 Å². The molecule has 0 saturated heterocycles. The van der Waals surface area contributed by atoms with Gasteiger partial charge in [0.1, 0.15) is 0 Å². The molecule has 0 bridgehead atoms. The molecule has 0 aliphatic heterocycles. The van der Waals surface area contributed by atoms with Crippen LogP contribution in [0.4, 0.5) is 0 Å². The molecule has 2 aliphatic rings. The fourth-order valence-corrected chi connectivity index (χ4v) is 6.95. The molecule has 0 spiro atoms. The quantitative estimate of drug-likeness (QED) is 0.208. The molecule has 0 atom stereocenters. The zero-order chi connectivity index (χ0) is 27.5. The Morgan fingerprint density at radius 2 is 1.00 bits per heavy atom. The van der Waals surface area contributed by atoms with E-state index in [-0.39, 0.29) is 16.2 Å². The summed E-state index contributed by atoms with van der Waals surface area (Å²) < 4.78 is 0. The number of rotatable bonds is 1. The molecule has 0 nitrogen and oxygen atoms in total. The molecule has 5 aromatic rings. The van der Waals surface area contributed by atoms with Gasteiger partial charge in [-0.3, -0.25) is 0 Å². The molecular weight excluding hydrogens is 468 g/mol. The van der Waals surface area contributed by atoms with Gasteiger partial charge in [-0.25, -0.2) is 0 Å². The second-order valence-corrected chi connectivity index (χ2v) is 14.3. The van der Waals surface area contributed by atoms with Crippen molar-refractivity contribution in [3.8, 4) is 44.5 Å². The Hall–Kier alpha value is -3.64. The van der Waals surface area contributed by atoms with Crippen molar-refractivity contribution in [2.24, 2.45) is 0 Å². The molecule has 194 valence electrons. The predicted octanol–water partition coefficient (Wildman–Crippen LogP) is 11.1. The molecule has 0 amide bonds. The van der Waals surface area contributed by atoms with Gasteiger partial charge in [-0.05, 0) is 100 Å². The van der Waals surface area contributed by atoms with Crippen molar-refractivity contribution in [1.29, 1.82) is 0 Å². The summed E-state index contributed by atoms with van der Waals surface area (Å²) in [6.07, 6.45) is 0. The summed E-state index contributed by atoms with van der Waals surface area (Å²) in [5.74, 6) is 0. The van der Waals surface area contributed by atoms with E-state index in [1.807, 2.05) is 0 Å². The van der Waals surface area contributed by atoms with E-state index in [0.717, 1.165) is 0 Å². The summed E-state index contributed by atoms with van der Waals surface area (Å²) in [6, 6.07) is 32.9. The minimum atomic E-state index is -0.0314. The molecule has 0 fully saturated rings. The molecule has 0 heteroatoms. The minimum absolute atomic E-state index is 0.0314. The maximum atomic E-state index is 2.47. The lowest BCUT2D eigenvalue weighted by Crippen LogP contribution is -2.17. The first-order valence-corrected chi connectivity index (χ1v) is 14.4. The minimum Gasteiger partial charge on any atom is -0.0610 e. The third-order valence-corrected chi connectivity index (χ3v) is 9.36. The predicted molar refractivity (Wildman–Crippen MR) is 169 cm³/mol. The molecular formula is C39H38. The fourth-order valence-electron chi connectivity index (χ4n) is 6.95. The molecule has 0 aromatic heterocycles. The van der Waals surface area contributed by atoms with Crippen molar-refractivity contribution in [1.82, 2.24) is 0 Å². The van der Waals surface area contributed by atoms with E-state index >= 15 is 0 Å². The van der Waals surface area contributed by atoms with Crippen LogP contribution in [0.3, 0.4) is 0 Å². The largest absolute Gasteiger partial charge is 0.0610 e. The summed E-state index contributed by atoms with van der Waals surface area (Å²) in [7, 11) is 0. The standard InChI is InChI=1S/C39H38/c1-37(2,3)24-13-16-27-32-19-18-26(30-10-9-11-31(36(30)32)33(27)21-24)23-12-15-28-29-17-14-25(38(4,5)6)22-35(29)39(7,8)34(28)20-23/h9-22H,1-8H3. The van der Waals surface area contributed by atoms with Gasteiger partial charge in [0.15, 0.2) is 0 Å². The molecule has 0 radical (unpaired) electrons. The first kappa shape index (κ1) is 24.4. The Morgan fingerprint density at radius 1 is 0.462 bits per heavy atom. The van der Waals surface area contributed by atoms with Crippen molar-refractivity contribution in [3.05, 3.63) is 107 Å². The van der Waals surface area contributed by atoms with Crippen LogP contribution in [0, 0.1) is 0 Å². The molecule has 0 N–H and O–H groups in total. The van der Waals surface area contributed by atoms with Crippen LogP contribution < -0.4 is 0 Å². The van der Waals surface area contributed by atoms with Crippen molar-refractivity contribution < 1.29 is 0 Å². The van der Waals surface area contributed by atoms with Crippen LogP contribution >= 0.6 is 0 Å². The highest BCUT2D eigenvalue weighted by atomic mass is 14.4. The van der Waals surface area contributed by atoms with Crippen molar-refractivity contribution in [2.75, 3.05) is 0 Å². The molecule has 0 heterocycles. The first-order chi connectivity index (χ1) is 18.4. The van der Waals surface area contributed by atoms with Gasteiger partial charge in [0, 0.05) is 5.41 Å². The van der Waals surface area contributed by atoms with Crippen LogP contribution in [0.15, 0.2) is 84.9 Å². The highest BCUT2D eigenvalue weighted by molar-refractivity contribution is 6.18. The molecule has 0 unspecified atom stereocenters.